The molecule has 162 valence electrons. The van der Waals surface area contributed by atoms with Gasteiger partial charge in [0.15, 0.2) is 12.7 Å². The lowest BCUT2D eigenvalue weighted by molar-refractivity contribution is -0.154. The number of rotatable bonds is 8. The van der Waals surface area contributed by atoms with E-state index in [1.54, 1.807) is 12.1 Å². The highest BCUT2D eigenvalue weighted by Crippen LogP contribution is 2.29. The first kappa shape index (κ1) is 22.8. The van der Waals surface area contributed by atoms with Crippen LogP contribution in [0.2, 0.25) is 0 Å². The third-order valence-electron chi connectivity index (χ3n) is 3.67. The molecule has 0 aliphatic rings. The zero-order valence-corrected chi connectivity index (χ0v) is 16.3. The van der Waals surface area contributed by atoms with Crippen molar-refractivity contribution in [1.29, 1.82) is 0 Å². The van der Waals surface area contributed by atoms with Crippen molar-refractivity contribution in [2.75, 3.05) is 26.1 Å². The van der Waals surface area contributed by atoms with Crippen LogP contribution >= 0.6 is 0 Å². The zero-order chi connectivity index (χ0) is 22.3. The van der Waals surface area contributed by atoms with Gasteiger partial charge in [-0.2, -0.15) is 13.2 Å². The Morgan fingerprint density at radius 2 is 1.87 bits per heavy atom. The summed E-state index contributed by atoms with van der Waals surface area (Å²) in [5, 5.41) is 2.57. The van der Waals surface area contributed by atoms with Gasteiger partial charge in [0.2, 0.25) is 5.88 Å². The number of hydrogen-bond acceptors (Lipinski definition) is 7. The molecule has 1 aromatic carbocycles. The molecule has 0 bridgehead atoms. The Labute approximate surface area is 169 Å². The lowest BCUT2D eigenvalue weighted by Crippen LogP contribution is -2.30. The minimum absolute atomic E-state index is 0.0621. The number of esters is 1. The normalized spacial score (nSPS) is 11.9. The molecule has 0 radical (unpaired) electrons. The van der Waals surface area contributed by atoms with Crippen LogP contribution in [0.4, 0.5) is 18.9 Å². The first-order valence-corrected chi connectivity index (χ1v) is 8.52. The number of anilines is 1. The molecule has 11 heteroatoms. The van der Waals surface area contributed by atoms with E-state index in [4.69, 9.17) is 14.2 Å². The van der Waals surface area contributed by atoms with Gasteiger partial charge < -0.3 is 24.3 Å². The lowest BCUT2D eigenvalue weighted by Gasteiger charge is -2.16. The van der Waals surface area contributed by atoms with Crippen molar-refractivity contribution in [3.05, 3.63) is 42.1 Å². The van der Waals surface area contributed by atoms with Crippen LogP contribution in [-0.2, 0) is 9.53 Å². The molecule has 2 aromatic rings. The average molecular weight is 428 g/mol. The fraction of sp³-hybridized carbons (Fsp3) is 0.316. The smallest absolute Gasteiger partial charge is 0.422 e. The van der Waals surface area contributed by atoms with E-state index in [0.717, 1.165) is 12.3 Å². The van der Waals surface area contributed by atoms with Gasteiger partial charge in [0, 0.05) is 18.3 Å². The molecule has 0 saturated heterocycles. The highest BCUT2D eigenvalue weighted by atomic mass is 19.4. The summed E-state index contributed by atoms with van der Waals surface area (Å²) in [6, 6.07) is 7.05. The Hall–Kier alpha value is -3.50. The van der Waals surface area contributed by atoms with Crippen LogP contribution < -0.4 is 19.5 Å². The molecule has 0 aliphatic carbocycles. The van der Waals surface area contributed by atoms with Crippen molar-refractivity contribution in [1.82, 2.24) is 4.98 Å². The maximum absolute atomic E-state index is 12.4. The maximum Gasteiger partial charge on any atom is 0.422 e. The number of alkyl halides is 3. The highest BCUT2D eigenvalue weighted by Gasteiger charge is 2.28. The van der Waals surface area contributed by atoms with Gasteiger partial charge in [-0.25, -0.2) is 9.78 Å². The minimum Gasteiger partial charge on any atom is -0.497 e. The van der Waals surface area contributed by atoms with Gasteiger partial charge >= 0.3 is 12.1 Å². The summed E-state index contributed by atoms with van der Waals surface area (Å²) in [5.41, 5.74) is 0.255. The van der Waals surface area contributed by atoms with E-state index in [2.05, 4.69) is 15.0 Å². The number of aromatic nitrogens is 1. The van der Waals surface area contributed by atoms with Crippen LogP contribution in [0, 0.1) is 0 Å². The topological polar surface area (TPSA) is 96.0 Å². The third-order valence-corrected chi connectivity index (χ3v) is 3.67. The molecule has 1 aromatic heterocycles. The van der Waals surface area contributed by atoms with Crippen molar-refractivity contribution < 1.29 is 41.7 Å². The van der Waals surface area contributed by atoms with Gasteiger partial charge in [-0.05, 0) is 25.1 Å². The molecule has 1 amide bonds. The Morgan fingerprint density at radius 3 is 2.43 bits per heavy atom. The predicted octanol–water partition coefficient (Wildman–Crippen LogP) is 3.22. The number of nitrogens with one attached hydrogen (secondary N) is 1. The molecule has 1 N–H and O–H groups in total. The highest BCUT2D eigenvalue weighted by molar-refractivity contribution is 5.98. The van der Waals surface area contributed by atoms with Gasteiger partial charge in [0.25, 0.3) is 5.91 Å². The third kappa shape index (κ3) is 6.54. The quantitative estimate of drug-likeness (QED) is 0.645. The first-order valence-electron chi connectivity index (χ1n) is 8.52. The van der Waals surface area contributed by atoms with Crippen LogP contribution in [0.3, 0.4) is 0 Å². The van der Waals surface area contributed by atoms with Gasteiger partial charge in [-0.15, -0.1) is 0 Å². The maximum atomic E-state index is 12.4. The van der Waals surface area contributed by atoms with E-state index in [1.165, 1.54) is 33.3 Å². The number of benzene rings is 1. The number of methoxy groups -OCH3 is 2. The predicted molar refractivity (Wildman–Crippen MR) is 98.8 cm³/mol. The molecule has 2 rings (SSSR count). The molecule has 0 aliphatic heterocycles. The Morgan fingerprint density at radius 1 is 1.13 bits per heavy atom. The molecule has 0 spiro atoms. The number of ether oxygens (including phenoxy) is 4. The van der Waals surface area contributed by atoms with Gasteiger partial charge in [-0.3, -0.25) is 4.79 Å². The van der Waals surface area contributed by atoms with E-state index in [9.17, 15) is 22.8 Å². The fourth-order valence-corrected chi connectivity index (χ4v) is 2.17. The second-order valence-corrected chi connectivity index (χ2v) is 5.89. The van der Waals surface area contributed by atoms with Gasteiger partial charge in [0.05, 0.1) is 25.5 Å². The van der Waals surface area contributed by atoms with E-state index >= 15 is 0 Å². The molecular weight excluding hydrogens is 409 g/mol. The number of carbonyl (C=O) groups is 2. The Balaban J connectivity index is 1.97. The summed E-state index contributed by atoms with van der Waals surface area (Å²) >= 11 is 0. The number of nitrogens with zero attached hydrogens (tertiary/aromatic N) is 1. The van der Waals surface area contributed by atoms with Crippen LogP contribution in [-0.4, -0.2) is 50.0 Å². The van der Waals surface area contributed by atoms with Crippen LogP contribution in [0.15, 0.2) is 36.5 Å². The number of amides is 1. The lowest BCUT2D eigenvalue weighted by atomic mass is 10.2. The number of carbonyl (C=O) groups excluding carboxylic acids is 2. The number of pyridine rings is 1. The van der Waals surface area contributed by atoms with Crippen molar-refractivity contribution in [3.63, 3.8) is 0 Å². The van der Waals surface area contributed by atoms with Gasteiger partial charge in [0.1, 0.15) is 11.5 Å². The average Bonchev–Trinajstić information content (AvgIpc) is 2.71. The molecule has 1 heterocycles. The number of hydrogen-bond donors (Lipinski definition) is 1. The number of halogens is 3. The Bertz CT molecular complexity index is 887. The molecule has 1 atom stereocenters. The summed E-state index contributed by atoms with van der Waals surface area (Å²) in [4.78, 5) is 28.1. The molecule has 8 nitrogen and oxygen atoms in total. The summed E-state index contributed by atoms with van der Waals surface area (Å²) in [6.07, 6.45) is -4.70. The summed E-state index contributed by atoms with van der Waals surface area (Å²) in [6.45, 7) is -0.150. The standard InChI is InChI=1S/C19H19F3N2O6/c1-11(17(25)24-14-8-13(27-2)5-6-15(14)28-3)30-18(26)12-4-7-16(23-9-12)29-10-19(20,21)22/h4-9,11H,10H2,1-3H3,(H,24,25). The van der Waals surface area contributed by atoms with E-state index in [-0.39, 0.29) is 11.4 Å². The monoisotopic (exact) mass is 428 g/mol. The fourth-order valence-electron chi connectivity index (χ4n) is 2.17. The molecule has 0 fully saturated rings. The van der Waals surface area contributed by atoms with Crippen LogP contribution in [0.1, 0.15) is 17.3 Å². The Kier molecular flexibility index (Phi) is 7.45. The summed E-state index contributed by atoms with van der Waals surface area (Å²) in [7, 11) is 2.89. The minimum atomic E-state index is -4.51. The molecule has 0 saturated carbocycles. The second-order valence-electron chi connectivity index (χ2n) is 5.89. The van der Waals surface area contributed by atoms with Crippen molar-refractivity contribution in [2.24, 2.45) is 0 Å². The second kappa shape index (κ2) is 9.81. The SMILES string of the molecule is COc1ccc(OC)c(NC(=O)C(C)OC(=O)c2ccc(OCC(F)(F)F)nc2)c1. The molecular formula is C19H19F3N2O6. The van der Waals surface area contributed by atoms with E-state index < -0.39 is 30.8 Å². The van der Waals surface area contributed by atoms with E-state index in [1.807, 2.05) is 0 Å². The van der Waals surface area contributed by atoms with Crippen molar-refractivity contribution in [2.45, 2.75) is 19.2 Å². The van der Waals surface area contributed by atoms with Crippen molar-refractivity contribution >= 4 is 17.6 Å². The summed E-state index contributed by atoms with van der Waals surface area (Å²) < 4.78 is 56.2. The molecule has 1 unspecified atom stereocenters. The van der Waals surface area contributed by atoms with E-state index in [0.29, 0.717) is 17.2 Å². The van der Waals surface area contributed by atoms with Crippen molar-refractivity contribution in [3.8, 4) is 17.4 Å². The van der Waals surface area contributed by atoms with Crippen LogP contribution in [0.25, 0.3) is 0 Å². The largest absolute Gasteiger partial charge is 0.497 e. The molecule has 30 heavy (non-hydrogen) atoms. The zero-order valence-electron chi connectivity index (χ0n) is 16.3. The first-order chi connectivity index (χ1) is 14.1. The van der Waals surface area contributed by atoms with Gasteiger partial charge in [-0.1, -0.05) is 0 Å². The van der Waals surface area contributed by atoms with Crippen LogP contribution in [0.5, 0.6) is 17.4 Å². The summed E-state index contributed by atoms with van der Waals surface area (Å²) in [5.74, 6) is -0.964.